The van der Waals surface area contributed by atoms with Gasteiger partial charge in [0.05, 0.1) is 6.42 Å². The standard InChI is InChI=1S/C12H18N2O/c1-12(2,3)10-7-5-6-9(14-10)8-11(15)13-4/h5-7H,8H2,1-4H3,(H,13,15). The van der Waals surface area contributed by atoms with E-state index in [4.69, 9.17) is 0 Å². The van der Waals surface area contributed by atoms with Crippen LogP contribution in [0.5, 0.6) is 0 Å². The molecular formula is C12H18N2O. The van der Waals surface area contributed by atoms with Crippen molar-refractivity contribution in [2.45, 2.75) is 32.6 Å². The van der Waals surface area contributed by atoms with Crippen LogP contribution < -0.4 is 5.32 Å². The maximum Gasteiger partial charge on any atom is 0.225 e. The van der Waals surface area contributed by atoms with Crippen LogP contribution in [0, 0.1) is 0 Å². The summed E-state index contributed by atoms with van der Waals surface area (Å²) < 4.78 is 0. The Kier molecular flexibility index (Phi) is 3.45. The molecule has 82 valence electrons. The Morgan fingerprint density at radius 3 is 2.60 bits per heavy atom. The van der Waals surface area contributed by atoms with Gasteiger partial charge in [-0.05, 0) is 12.1 Å². The molecule has 0 radical (unpaired) electrons. The van der Waals surface area contributed by atoms with Crippen molar-refractivity contribution in [1.29, 1.82) is 0 Å². The number of pyridine rings is 1. The molecule has 15 heavy (non-hydrogen) atoms. The summed E-state index contributed by atoms with van der Waals surface area (Å²) in [5.74, 6) is -0.00596. The summed E-state index contributed by atoms with van der Waals surface area (Å²) in [6.45, 7) is 6.33. The lowest BCUT2D eigenvalue weighted by molar-refractivity contribution is -0.120. The second-order valence-electron chi connectivity index (χ2n) is 4.61. The summed E-state index contributed by atoms with van der Waals surface area (Å²) in [5.41, 5.74) is 1.87. The Labute approximate surface area is 90.9 Å². The topological polar surface area (TPSA) is 42.0 Å². The molecule has 0 spiro atoms. The van der Waals surface area contributed by atoms with E-state index < -0.39 is 0 Å². The fourth-order valence-corrected chi connectivity index (χ4v) is 1.25. The SMILES string of the molecule is CNC(=O)Cc1cccc(C(C)(C)C)n1. The van der Waals surface area contributed by atoms with Crippen LogP contribution in [0.2, 0.25) is 0 Å². The predicted molar refractivity (Wildman–Crippen MR) is 60.7 cm³/mol. The number of nitrogens with one attached hydrogen (secondary N) is 1. The highest BCUT2D eigenvalue weighted by molar-refractivity contribution is 5.77. The first-order valence-electron chi connectivity index (χ1n) is 5.10. The average molecular weight is 206 g/mol. The normalized spacial score (nSPS) is 11.2. The molecule has 3 nitrogen and oxygen atoms in total. The van der Waals surface area contributed by atoms with Crippen LogP contribution >= 0.6 is 0 Å². The van der Waals surface area contributed by atoms with E-state index in [0.717, 1.165) is 11.4 Å². The molecule has 1 aromatic heterocycles. The molecule has 1 amide bonds. The molecule has 0 saturated heterocycles. The van der Waals surface area contributed by atoms with E-state index >= 15 is 0 Å². The molecule has 0 atom stereocenters. The number of likely N-dealkylation sites (N-methyl/N-ethyl adjacent to an activating group) is 1. The lowest BCUT2D eigenvalue weighted by Gasteiger charge is -2.18. The molecule has 0 unspecified atom stereocenters. The van der Waals surface area contributed by atoms with Gasteiger partial charge in [0.2, 0.25) is 5.91 Å². The molecule has 0 aliphatic heterocycles. The number of carbonyl (C=O) groups excluding carboxylic acids is 1. The predicted octanol–water partition coefficient (Wildman–Crippen LogP) is 1.67. The molecular weight excluding hydrogens is 188 g/mol. The summed E-state index contributed by atoms with van der Waals surface area (Å²) in [5, 5.41) is 2.59. The molecule has 0 aromatic carbocycles. The number of aromatic nitrogens is 1. The maximum absolute atomic E-state index is 11.2. The van der Waals surface area contributed by atoms with Gasteiger partial charge in [-0.15, -0.1) is 0 Å². The van der Waals surface area contributed by atoms with Crippen LogP contribution in [-0.4, -0.2) is 17.9 Å². The van der Waals surface area contributed by atoms with Crippen LogP contribution in [0.15, 0.2) is 18.2 Å². The molecule has 0 aliphatic rings. The number of rotatable bonds is 2. The Balaban J connectivity index is 2.88. The van der Waals surface area contributed by atoms with Gasteiger partial charge in [0.1, 0.15) is 0 Å². The van der Waals surface area contributed by atoms with Gasteiger partial charge in [0.15, 0.2) is 0 Å². The molecule has 3 heteroatoms. The average Bonchev–Trinajstić information content (AvgIpc) is 2.17. The zero-order valence-corrected chi connectivity index (χ0v) is 9.79. The van der Waals surface area contributed by atoms with Crippen LogP contribution in [0.1, 0.15) is 32.2 Å². The highest BCUT2D eigenvalue weighted by Crippen LogP contribution is 2.19. The minimum absolute atomic E-state index is 0.00596. The van der Waals surface area contributed by atoms with Gasteiger partial charge < -0.3 is 5.32 Å². The van der Waals surface area contributed by atoms with Crippen molar-refractivity contribution in [3.63, 3.8) is 0 Å². The molecule has 0 aliphatic carbocycles. The van der Waals surface area contributed by atoms with Crippen molar-refractivity contribution < 1.29 is 4.79 Å². The third-order valence-electron chi connectivity index (χ3n) is 2.20. The second-order valence-corrected chi connectivity index (χ2v) is 4.61. The van der Waals surface area contributed by atoms with Crippen molar-refractivity contribution in [3.8, 4) is 0 Å². The summed E-state index contributed by atoms with van der Waals surface area (Å²) in [4.78, 5) is 15.7. The molecule has 0 bridgehead atoms. The first-order valence-corrected chi connectivity index (χ1v) is 5.10. The minimum atomic E-state index is -0.00596. The number of nitrogens with zero attached hydrogens (tertiary/aromatic N) is 1. The third kappa shape index (κ3) is 3.35. The smallest absolute Gasteiger partial charge is 0.225 e. The third-order valence-corrected chi connectivity index (χ3v) is 2.20. The summed E-state index contributed by atoms with van der Waals surface area (Å²) in [6.07, 6.45) is 0.348. The van der Waals surface area contributed by atoms with Crippen molar-refractivity contribution in [2.75, 3.05) is 7.05 Å². The summed E-state index contributed by atoms with van der Waals surface area (Å²) in [6, 6.07) is 5.82. The highest BCUT2D eigenvalue weighted by Gasteiger charge is 2.15. The van der Waals surface area contributed by atoms with Gasteiger partial charge in [0, 0.05) is 23.9 Å². The van der Waals surface area contributed by atoms with E-state index in [-0.39, 0.29) is 11.3 Å². The summed E-state index contributed by atoms with van der Waals surface area (Å²) >= 11 is 0. The molecule has 0 fully saturated rings. The van der Waals surface area contributed by atoms with Crippen molar-refractivity contribution >= 4 is 5.91 Å². The van der Waals surface area contributed by atoms with Gasteiger partial charge in [-0.25, -0.2) is 0 Å². The molecule has 1 aromatic rings. The number of hydrogen-bond acceptors (Lipinski definition) is 2. The van der Waals surface area contributed by atoms with Crippen LogP contribution in [0.25, 0.3) is 0 Å². The fraction of sp³-hybridized carbons (Fsp3) is 0.500. The van der Waals surface area contributed by atoms with Crippen LogP contribution in [-0.2, 0) is 16.6 Å². The fourth-order valence-electron chi connectivity index (χ4n) is 1.25. The summed E-state index contributed by atoms with van der Waals surface area (Å²) in [7, 11) is 1.63. The number of hydrogen-bond donors (Lipinski definition) is 1. The van der Waals surface area contributed by atoms with Gasteiger partial charge in [-0.1, -0.05) is 26.8 Å². The molecule has 0 saturated carbocycles. The van der Waals surface area contributed by atoms with Crippen LogP contribution in [0.3, 0.4) is 0 Å². The highest BCUT2D eigenvalue weighted by atomic mass is 16.1. The Hall–Kier alpha value is -1.38. The van der Waals surface area contributed by atoms with Gasteiger partial charge in [0.25, 0.3) is 0 Å². The van der Waals surface area contributed by atoms with Crippen molar-refractivity contribution in [2.24, 2.45) is 0 Å². The number of amides is 1. The first-order chi connectivity index (χ1) is 6.93. The van der Waals surface area contributed by atoms with Crippen LogP contribution in [0.4, 0.5) is 0 Å². The van der Waals surface area contributed by atoms with E-state index in [0.29, 0.717) is 6.42 Å². The Morgan fingerprint density at radius 1 is 1.40 bits per heavy atom. The lowest BCUT2D eigenvalue weighted by atomic mass is 9.91. The van der Waals surface area contributed by atoms with E-state index in [1.807, 2.05) is 18.2 Å². The van der Waals surface area contributed by atoms with E-state index in [2.05, 4.69) is 31.1 Å². The van der Waals surface area contributed by atoms with Crippen molar-refractivity contribution in [3.05, 3.63) is 29.6 Å². The van der Waals surface area contributed by atoms with Gasteiger partial charge in [-0.2, -0.15) is 0 Å². The van der Waals surface area contributed by atoms with Gasteiger partial charge in [-0.3, -0.25) is 9.78 Å². The molecule has 1 heterocycles. The minimum Gasteiger partial charge on any atom is -0.359 e. The lowest BCUT2D eigenvalue weighted by Crippen LogP contribution is -2.21. The molecule has 1 N–H and O–H groups in total. The Morgan fingerprint density at radius 2 is 2.07 bits per heavy atom. The van der Waals surface area contributed by atoms with Crippen molar-refractivity contribution in [1.82, 2.24) is 10.3 Å². The number of carbonyl (C=O) groups is 1. The zero-order chi connectivity index (χ0) is 11.5. The largest absolute Gasteiger partial charge is 0.359 e. The first kappa shape index (κ1) is 11.7. The van der Waals surface area contributed by atoms with Gasteiger partial charge >= 0.3 is 0 Å². The zero-order valence-electron chi connectivity index (χ0n) is 9.79. The van der Waals surface area contributed by atoms with E-state index in [1.165, 1.54) is 0 Å². The van der Waals surface area contributed by atoms with E-state index in [1.54, 1.807) is 7.05 Å². The molecule has 1 rings (SSSR count). The second kappa shape index (κ2) is 4.43. The Bertz CT molecular complexity index is 353. The maximum atomic E-state index is 11.2. The quantitative estimate of drug-likeness (QED) is 0.799. The van der Waals surface area contributed by atoms with E-state index in [9.17, 15) is 4.79 Å². The monoisotopic (exact) mass is 206 g/mol.